The van der Waals surface area contributed by atoms with Crippen molar-refractivity contribution in [1.82, 2.24) is 15.0 Å². The van der Waals surface area contributed by atoms with Crippen molar-refractivity contribution in [2.75, 3.05) is 19.8 Å². The van der Waals surface area contributed by atoms with E-state index in [0.717, 1.165) is 0 Å². The third kappa shape index (κ3) is 5.08. The summed E-state index contributed by atoms with van der Waals surface area (Å²) in [6.45, 7) is -1.18. The van der Waals surface area contributed by atoms with Gasteiger partial charge in [-0.05, 0) is 0 Å². The highest BCUT2D eigenvalue weighted by Gasteiger charge is 2.27. The zero-order valence-electron chi connectivity index (χ0n) is 8.44. The van der Waals surface area contributed by atoms with Gasteiger partial charge in [0, 0.05) is 19.2 Å². The highest BCUT2D eigenvalue weighted by molar-refractivity contribution is 4.91. The predicted octanol–water partition coefficient (Wildman–Crippen LogP) is 0.392. The van der Waals surface area contributed by atoms with Crippen LogP contribution in [0, 0.1) is 0 Å². The first-order valence-electron chi connectivity index (χ1n) is 4.65. The van der Waals surface area contributed by atoms with E-state index >= 15 is 0 Å². The van der Waals surface area contributed by atoms with Crippen LogP contribution in [0.2, 0.25) is 0 Å². The van der Waals surface area contributed by atoms with Gasteiger partial charge >= 0.3 is 6.18 Å². The molecule has 0 aliphatic rings. The van der Waals surface area contributed by atoms with E-state index in [0.29, 0.717) is 12.1 Å². The van der Waals surface area contributed by atoms with E-state index in [1.165, 1.54) is 4.68 Å². The molecule has 0 amide bonds. The number of halogens is 3. The van der Waals surface area contributed by atoms with E-state index in [1.807, 2.05) is 0 Å². The molecule has 16 heavy (non-hydrogen) atoms. The van der Waals surface area contributed by atoms with Crippen LogP contribution < -0.4 is 0 Å². The summed E-state index contributed by atoms with van der Waals surface area (Å²) in [5, 5.41) is 16.0. The van der Waals surface area contributed by atoms with Gasteiger partial charge in [-0.3, -0.25) is 0 Å². The van der Waals surface area contributed by atoms with Gasteiger partial charge in [0.1, 0.15) is 6.61 Å². The summed E-state index contributed by atoms with van der Waals surface area (Å²) in [7, 11) is 0. The molecule has 0 aromatic carbocycles. The number of alkyl halides is 3. The molecule has 0 aliphatic carbocycles. The van der Waals surface area contributed by atoms with Crippen LogP contribution in [0.1, 0.15) is 5.69 Å². The Kier molecular flexibility index (Phi) is 4.69. The minimum atomic E-state index is -4.30. The number of ether oxygens (including phenoxy) is 1. The van der Waals surface area contributed by atoms with E-state index in [4.69, 9.17) is 5.11 Å². The first-order chi connectivity index (χ1) is 7.51. The van der Waals surface area contributed by atoms with Crippen molar-refractivity contribution in [1.29, 1.82) is 0 Å². The number of aromatic nitrogens is 3. The Hall–Kier alpha value is -1.15. The number of hydrogen-bond acceptors (Lipinski definition) is 4. The maximum atomic E-state index is 11.7. The van der Waals surface area contributed by atoms with Crippen molar-refractivity contribution < 1.29 is 23.0 Å². The molecular weight excluding hydrogens is 227 g/mol. The molecule has 0 radical (unpaired) electrons. The van der Waals surface area contributed by atoms with Crippen LogP contribution in [-0.4, -0.2) is 46.1 Å². The quantitative estimate of drug-likeness (QED) is 0.729. The molecule has 1 aromatic heterocycles. The minimum Gasteiger partial charge on any atom is -0.396 e. The summed E-state index contributed by atoms with van der Waals surface area (Å²) < 4.78 is 40.9. The first kappa shape index (κ1) is 12.9. The normalized spacial score (nSPS) is 12.0. The molecule has 1 N–H and O–H groups in total. The number of hydrogen-bond donors (Lipinski definition) is 1. The molecular formula is C8H12F3N3O2. The van der Waals surface area contributed by atoms with Crippen LogP contribution in [0.3, 0.4) is 0 Å². The average molecular weight is 239 g/mol. The second kappa shape index (κ2) is 5.80. The zero-order chi connectivity index (χ0) is 12.0. The maximum absolute atomic E-state index is 11.7. The van der Waals surface area contributed by atoms with Gasteiger partial charge in [-0.15, -0.1) is 5.10 Å². The fourth-order valence-electron chi connectivity index (χ4n) is 1.02. The second-order valence-corrected chi connectivity index (χ2v) is 3.11. The Morgan fingerprint density at radius 2 is 2.19 bits per heavy atom. The van der Waals surface area contributed by atoms with Crippen molar-refractivity contribution in [2.24, 2.45) is 0 Å². The van der Waals surface area contributed by atoms with E-state index in [1.54, 1.807) is 6.20 Å². The Bertz CT molecular complexity index is 314. The van der Waals surface area contributed by atoms with Crippen molar-refractivity contribution >= 4 is 0 Å². The minimum absolute atomic E-state index is 0.0384. The fourth-order valence-corrected chi connectivity index (χ4v) is 1.02. The van der Waals surface area contributed by atoms with Crippen LogP contribution in [0.25, 0.3) is 0 Å². The topological polar surface area (TPSA) is 60.2 Å². The standard InChI is InChI=1S/C8H12F3N3O2/c9-8(10,11)6-16-4-2-14-5-7(1-3-15)12-13-14/h5,15H,1-4,6H2. The van der Waals surface area contributed by atoms with E-state index in [2.05, 4.69) is 15.0 Å². The van der Waals surface area contributed by atoms with E-state index in [-0.39, 0.29) is 19.8 Å². The molecule has 8 heteroatoms. The predicted molar refractivity (Wildman–Crippen MR) is 47.7 cm³/mol. The molecule has 0 spiro atoms. The van der Waals surface area contributed by atoms with Crippen molar-refractivity contribution in [3.8, 4) is 0 Å². The molecule has 0 fully saturated rings. The van der Waals surface area contributed by atoms with Gasteiger partial charge in [-0.2, -0.15) is 13.2 Å². The molecule has 0 unspecified atom stereocenters. The second-order valence-electron chi connectivity index (χ2n) is 3.11. The Balaban J connectivity index is 2.21. The lowest BCUT2D eigenvalue weighted by Gasteiger charge is -2.06. The maximum Gasteiger partial charge on any atom is 0.411 e. The number of aliphatic hydroxyl groups is 1. The van der Waals surface area contributed by atoms with Crippen LogP contribution in [0.4, 0.5) is 13.2 Å². The molecule has 1 aromatic rings. The molecule has 0 aliphatic heterocycles. The Labute approximate surface area is 89.8 Å². The third-order valence-corrected chi connectivity index (χ3v) is 1.68. The van der Waals surface area contributed by atoms with E-state index < -0.39 is 12.8 Å². The Morgan fingerprint density at radius 1 is 1.44 bits per heavy atom. The smallest absolute Gasteiger partial charge is 0.396 e. The molecule has 92 valence electrons. The molecule has 5 nitrogen and oxygen atoms in total. The van der Waals surface area contributed by atoms with Gasteiger partial charge in [0.25, 0.3) is 0 Å². The summed E-state index contributed by atoms with van der Waals surface area (Å²) in [6.07, 6.45) is -2.36. The highest BCUT2D eigenvalue weighted by Crippen LogP contribution is 2.14. The third-order valence-electron chi connectivity index (χ3n) is 1.68. The van der Waals surface area contributed by atoms with Gasteiger partial charge in [0.15, 0.2) is 0 Å². The SMILES string of the molecule is OCCc1cn(CCOCC(F)(F)F)nn1. The monoisotopic (exact) mass is 239 g/mol. The molecule has 0 saturated heterocycles. The summed E-state index contributed by atoms with van der Waals surface area (Å²) in [4.78, 5) is 0. The fraction of sp³-hybridized carbons (Fsp3) is 0.750. The molecule has 1 rings (SSSR count). The van der Waals surface area contributed by atoms with Gasteiger partial charge < -0.3 is 9.84 Å². The number of rotatable bonds is 6. The van der Waals surface area contributed by atoms with Crippen molar-refractivity contribution in [2.45, 2.75) is 19.1 Å². The largest absolute Gasteiger partial charge is 0.411 e. The summed E-state index contributed by atoms with van der Waals surface area (Å²) in [6, 6.07) is 0. The number of nitrogens with zero attached hydrogens (tertiary/aromatic N) is 3. The molecule has 0 bridgehead atoms. The average Bonchev–Trinajstić information content (AvgIpc) is 2.60. The number of aliphatic hydroxyl groups excluding tert-OH is 1. The van der Waals surface area contributed by atoms with Crippen molar-refractivity contribution in [3.63, 3.8) is 0 Å². The molecule has 1 heterocycles. The summed E-state index contributed by atoms with van der Waals surface area (Å²) in [5.41, 5.74) is 0.596. The summed E-state index contributed by atoms with van der Waals surface area (Å²) >= 11 is 0. The van der Waals surface area contributed by atoms with Gasteiger partial charge in [-0.1, -0.05) is 5.21 Å². The summed E-state index contributed by atoms with van der Waals surface area (Å²) in [5.74, 6) is 0. The van der Waals surface area contributed by atoms with Crippen LogP contribution in [0.15, 0.2) is 6.20 Å². The van der Waals surface area contributed by atoms with Crippen LogP contribution in [0.5, 0.6) is 0 Å². The van der Waals surface area contributed by atoms with Crippen molar-refractivity contribution in [3.05, 3.63) is 11.9 Å². The lowest BCUT2D eigenvalue weighted by molar-refractivity contribution is -0.174. The van der Waals surface area contributed by atoms with Gasteiger partial charge in [0.2, 0.25) is 0 Å². The molecule has 0 saturated carbocycles. The van der Waals surface area contributed by atoms with E-state index in [9.17, 15) is 13.2 Å². The van der Waals surface area contributed by atoms with Crippen LogP contribution in [-0.2, 0) is 17.7 Å². The van der Waals surface area contributed by atoms with Gasteiger partial charge in [0.05, 0.1) is 18.8 Å². The highest BCUT2D eigenvalue weighted by atomic mass is 19.4. The lowest BCUT2D eigenvalue weighted by atomic mass is 10.3. The lowest BCUT2D eigenvalue weighted by Crippen LogP contribution is -2.19. The van der Waals surface area contributed by atoms with Crippen LogP contribution >= 0.6 is 0 Å². The zero-order valence-corrected chi connectivity index (χ0v) is 8.44. The van der Waals surface area contributed by atoms with Gasteiger partial charge in [-0.25, -0.2) is 4.68 Å². The Morgan fingerprint density at radius 3 is 2.81 bits per heavy atom. The first-order valence-corrected chi connectivity index (χ1v) is 4.65. The molecule has 0 atom stereocenters.